The van der Waals surface area contributed by atoms with E-state index in [0.29, 0.717) is 25.7 Å². The van der Waals surface area contributed by atoms with Crippen molar-refractivity contribution in [3.63, 3.8) is 0 Å². The monoisotopic (exact) mass is 393 g/mol. The van der Waals surface area contributed by atoms with Gasteiger partial charge in [-0.3, -0.25) is 4.68 Å². The van der Waals surface area contributed by atoms with Crippen LogP contribution in [0.25, 0.3) is 0 Å². The average molecular weight is 394 g/mol. The van der Waals surface area contributed by atoms with Gasteiger partial charge >= 0.3 is 0 Å². The number of aryl methyl sites for hydroxylation is 1. The summed E-state index contributed by atoms with van der Waals surface area (Å²) < 4.78 is 30.5. The molecule has 3 heterocycles. The fourth-order valence-corrected chi connectivity index (χ4v) is 3.84. The van der Waals surface area contributed by atoms with E-state index in [9.17, 15) is 8.42 Å². The number of morpholine rings is 1. The number of sulfone groups is 1. The highest BCUT2D eigenvalue weighted by Crippen LogP contribution is 2.29. The summed E-state index contributed by atoms with van der Waals surface area (Å²) in [6, 6.07) is 3.26. The Balaban J connectivity index is 1.84. The number of ether oxygens (including phenoxy) is 1. The van der Waals surface area contributed by atoms with Gasteiger partial charge in [0.2, 0.25) is 0 Å². The highest BCUT2D eigenvalue weighted by Gasteiger charge is 2.24. The Morgan fingerprint density at radius 3 is 2.52 bits per heavy atom. The maximum Gasteiger partial charge on any atom is 0.192 e. The molecule has 148 valence electrons. The van der Waals surface area contributed by atoms with Gasteiger partial charge in [0.05, 0.1) is 30.8 Å². The van der Waals surface area contributed by atoms with Crippen LogP contribution < -0.4 is 10.2 Å². The number of nitrogens with zero attached hydrogens (tertiary/aromatic N) is 4. The maximum atomic E-state index is 11.6. The van der Waals surface area contributed by atoms with Crippen LogP contribution in [0.15, 0.2) is 23.4 Å². The van der Waals surface area contributed by atoms with Crippen molar-refractivity contribution >= 4 is 21.3 Å². The first-order valence-corrected chi connectivity index (χ1v) is 10.9. The van der Waals surface area contributed by atoms with Crippen LogP contribution in [-0.2, 0) is 28.2 Å². The van der Waals surface area contributed by atoms with E-state index in [-0.39, 0.29) is 5.03 Å². The Kier molecular flexibility index (Phi) is 5.71. The zero-order valence-corrected chi connectivity index (χ0v) is 17.1. The van der Waals surface area contributed by atoms with Crippen molar-refractivity contribution in [3.8, 4) is 0 Å². The van der Waals surface area contributed by atoms with Gasteiger partial charge in [-0.2, -0.15) is 5.10 Å². The molecule has 1 aliphatic heterocycles. The molecule has 0 unspecified atom stereocenters. The van der Waals surface area contributed by atoms with Gasteiger partial charge in [-0.05, 0) is 18.1 Å². The van der Waals surface area contributed by atoms with Gasteiger partial charge in [0.15, 0.2) is 14.9 Å². The topological polar surface area (TPSA) is 89.4 Å². The van der Waals surface area contributed by atoms with E-state index in [1.54, 1.807) is 12.3 Å². The summed E-state index contributed by atoms with van der Waals surface area (Å²) >= 11 is 0. The van der Waals surface area contributed by atoms with Gasteiger partial charge < -0.3 is 15.0 Å². The van der Waals surface area contributed by atoms with Crippen molar-refractivity contribution in [3.05, 3.63) is 29.6 Å². The lowest BCUT2D eigenvalue weighted by Gasteiger charge is -2.29. The van der Waals surface area contributed by atoms with Crippen LogP contribution in [0, 0.1) is 0 Å². The molecule has 1 saturated heterocycles. The summed E-state index contributed by atoms with van der Waals surface area (Å²) in [5.41, 5.74) is 2.99. The lowest BCUT2D eigenvalue weighted by atomic mass is 10.0. The molecule has 0 saturated carbocycles. The van der Waals surface area contributed by atoms with Gasteiger partial charge in [-0.25, -0.2) is 13.4 Å². The predicted octanol–water partition coefficient (Wildman–Crippen LogP) is 1.79. The third-order valence-corrected chi connectivity index (χ3v) is 5.59. The first kappa shape index (κ1) is 19.6. The van der Waals surface area contributed by atoms with Gasteiger partial charge in [0.1, 0.15) is 5.82 Å². The van der Waals surface area contributed by atoms with Crippen molar-refractivity contribution in [1.82, 2.24) is 14.8 Å². The smallest absolute Gasteiger partial charge is 0.192 e. The zero-order chi connectivity index (χ0) is 19.6. The molecule has 0 amide bonds. The highest BCUT2D eigenvalue weighted by molar-refractivity contribution is 7.90. The molecule has 8 nitrogen and oxygen atoms in total. The largest absolute Gasteiger partial charge is 0.380 e. The molecule has 3 rings (SSSR count). The number of pyridine rings is 1. The van der Waals surface area contributed by atoms with E-state index in [1.165, 1.54) is 6.07 Å². The second-order valence-electron chi connectivity index (χ2n) is 7.08. The third-order valence-electron chi connectivity index (χ3n) is 4.59. The van der Waals surface area contributed by atoms with Crippen LogP contribution in [0.2, 0.25) is 0 Å². The number of hydrogen-bond donors (Lipinski definition) is 1. The second-order valence-corrected chi connectivity index (χ2v) is 9.04. The average Bonchev–Trinajstić information content (AvgIpc) is 2.97. The molecular formula is C18H27N5O3S. The van der Waals surface area contributed by atoms with Gasteiger partial charge in [0.25, 0.3) is 0 Å². The van der Waals surface area contributed by atoms with E-state index >= 15 is 0 Å². The minimum Gasteiger partial charge on any atom is -0.380 e. The summed E-state index contributed by atoms with van der Waals surface area (Å²) in [6.45, 7) is 7.98. The van der Waals surface area contributed by atoms with Crippen molar-refractivity contribution in [2.75, 3.05) is 42.8 Å². The zero-order valence-electron chi connectivity index (χ0n) is 16.3. The summed E-state index contributed by atoms with van der Waals surface area (Å²) in [5, 5.41) is 8.18. The Morgan fingerprint density at radius 2 is 1.96 bits per heavy atom. The SMILES string of the molecule is CC(C)c1nn(C)c(N2CCOCC2)c1CNc1ccc(S(C)(=O)=O)nc1. The summed E-state index contributed by atoms with van der Waals surface area (Å²) in [4.78, 5) is 6.35. The standard InChI is InChI=1S/C18H27N5O3S/c1-13(2)17-15(18(22(3)21-17)23-7-9-26-10-8-23)12-19-14-5-6-16(20-11-14)27(4,24)25/h5-6,11,13,19H,7-10,12H2,1-4H3. The summed E-state index contributed by atoms with van der Waals surface area (Å²) in [6.07, 6.45) is 2.71. The molecule has 1 N–H and O–H groups in total. The van der Waals surface area contributed by atoms with Crippen molar-refractivity contribution in [1.29, 1.82) is 0 Å². The Bertz CT molecular complexity index is 884. The number of anilines is 2. The van der Waals surface area contributed by atoms with E-state index in [0.717, 1.165) is 42.1 Å². The number of hydrogen-bond acceptors (Lipinski definition) is 7. The maximum absolute atomic E-state index is 11.6. The van der Waals surface area contributed by atoms with Crippen LogP contribution in [0.3, 0.4) is 0 Å². The number of aromatic nitrogens is 3. The van der Waals surface area contributed by atoms with Crippen LogP contribution in [0.4, 0.5) is 11.5 Å². The molecular weight excluding hydrogens is 366 g/mol. The number of nitrogens with one attached hydrogen (secondary N) is 1. The Morgan fingerprint density at radius 1 is 1.26 bits per heavy atom. The predicted molar refractivity (Wildman–Crippen MR) is 105 cm³/mol. The van der Waals surface area contributed by atoms with Crippen molar-refractivity contribution < 1.29 is 13.2 Å². The van der Waals surface area contributed by atoms with Crippen molar-refractivity contribution in [2.24, 2.45) is 7.05 Å². The molecule has 2 aromatic heterocycles. The molecule has 1 fully saturated rings. The molecule has 0 spiro atoms. The lowest BCUT2D eigenvalue weighted by Crippen LogP contribution is -2.38. The lowest BCUT2D eigenvalue weighted by molar-refractivity contribution is 0.122. The van der Waals surface area contributed by atoms with Crippen LogP contribution >= 0.6 is 0 Å². The number of rotatable bonds is 6. The van der Waals surface area contributed by atoms with E-state index in [4.69, 9.17) is 9.84 Å². The second kappa shape index (κ2) is 7.85. The summed E-state index contributed by atoms with van der Waals surface area (Å²) in [7, 11) is -1.32. The summed E-state index contributed by atoms with van der Waals surface area (Å²) in [5.74, 6) is 1.41. The molecule has 0 aliphatic carbocycles. The van der Waals surface area contributed by atoms with Crippen LogP contribution in [0.5, 0.6) is 0 Å². The molecule has 0 atom stereocenters. The van der Waals surface area contributed by atoms with Crippen molar-refractivity contribution in [2.45, 2.75) is 31.3 Å². The fourth-order valence-electron chi connectivity index (χ4n) is 3.28. The fraction of sp³-hybridized carbons (Fsp3) is 0.556. The molecule has 0 bridgehead atoms. The van der Waals surface area contributed by atoms with E-state index in [1.807, 2.05) is 11.7 Å². The van der Waals surface area contributed by atoms with E-state index in [2.05, 4.69) is 29.0 Å². The minimum absolute atomic E-state index is 0.0753. The van der Waals surface area contributed by atoms with Crippen LogP contribution in [-0.4, -0.2) is 55.7 Å². The molecule has 9 heteroatoms. The quantitative estimate of drug-likeness (QED) is 0.800. The normalized spacial score (nSPS) is 15.4. The molecule has 0 radical (unpaired) electrons. The molecule has 0 aromatic carbocycles. The first-order chi connectivity index (χ1) is 12.8. The van der Waals surface area contributed by atoms with Crippen LogP contribution in [0.1, 0.15) is 31.0 Å². The minimum atomic E-state index is -3.29. The molecule has 27 heavy (non-hydrogen) atoms. The van der Waals surface area contributed by atoms with Gasteiger partial charge in [-0.1, -0.05) is 13.8 Å². The molecule has 2 aromatic rings. The highest BCUT2D eigenvalue weighted by atomic mass is 32.2. The van der Waals surface area contributed by atoms with Gasteiger partial charge in [0, 0.05) is 38.5 Å². The Hall–Kier alpha value is -2.13. The first-order valence-electron chi connectivity index (χ1n) is 9.06. The van der Waals surface area contributed by atoms with Gasteiger partial charge in [-0.15, -0.1) is 0 Å². The third kappa shape index (κ3) is 4.41. The Labute approximate surface area is 160 Å². The van der Waals surface area contributed by atoms with E-state index < -0.39 is 9.84 Å². The molecule has 1 aliphatic rings.